The number of nitrogens with zero attached hydrogens (tertiary/aromatic N) is 1. The van der Waals surface area contributed by atoms with Gasteiger partial charge in [0.25, 0.3) is 5.91 Å². The lowest BCUT2D eigenvalue weighted by atomic mass is 10.2. The number of hydrogen-bond acceptors (Lipinski definition) is 4. The maximum Gasteiger partial charge on any atom is 0.271 e. The van der Waals surface area contributed by atoms with E-state index in [9.17, 15) is 9.90 Å². The van der Waals surface area contributed by atoms with Crippen molar-refractivity contribution in [2.75, 3.05) is 7.11 Å². The summed E-state index contributed by atoms with van der Waals surface area (Å²) >= 11 is 14.9. The highest BCUT2D eigenvalue weighted by molar-refractivity contribution is 9.10. The molecule has 0 aliphatic rings. The van der Waals surface area contributed by atoms with E-state index in [1.165, 1.54) is 25.5 Å². The van der Waals surface area contributed by atoms with Crippen molar-refractivity contribution in [3.05, 3.63) is 56.0 Å². The lowest BCUT2D eigenvalue weighted by Gasteiger charge is -2.05. The van der Waals surface area contributed by atoms with Gasteiger partial charge in [-0.25, -0.2) is 5.43 Å². The molecule has 2 rings (SSSR count). The smallest absolute Gasteiger partial charge is 0.271 e. The molecule has 2 aromatic carbocycles. The Morgan fingerprint density at radius 3 is 2.74 bits per heavy atom. The van der Waals surface area contributed by atoms with Gasteiger partial charge in [-0.05, 0) is 46.3 Å². The Labute approximate surface area is 151 Å². The van der Waals surface area contributed by atoms with Crippen molar-refractivity contribution in [1.29, 1.82) is 0 Å². The molecule has 0 heterocycles. The van der Waals surface area contributed by atoms with Crippen LogP contribution in [0.2, 0.25) is 10.0 Å². The second kappa shape index (κ2) is 7.68. The summed E-state index contributed by atoms with van der Waals surface area (Å²) in [5, 5.41) is 14.0. The summed E-state index contributed by atoms with van der Waals surface area (Å²) in [5.41, 5.74) is 3.03. The maximum absolute atomic E-state index is 12.0. The quantitative estimate of drug-likeness (QED) is 0.577. The van der Waals surface area contributed by atoms with Crippen LogP contribution in [-0.2, 0) is 0 Å². The summed E-state index contributed by atoms with van der Waals surface area (Å²) in [4.78, 5) is 12.0. The average Bonchev–Trinajstić information content (AvgIpc) is 2.51. The van der Waals surface area contributed by atoms with Crippen molar-refractivity contribution in [2.45, 2.75) is 0 Å². The Morgan fingerprint density at radius 1 is 1.35 bits per heavy atom. The van der Waals surface area contributed by atoms with E-state index in [1.807, 2.05) is 0 Å². The molecule has 0 unspecified atom stereocenters. The minimum absolute atomic E-state index is 0.101. The summed E-state index contributed by atoms with van der Waals surface area (Å²) in [5.74, 6) is 0.0296. The molecule has 0 saturated carbocycles. The van der Waals surface area contributed by atoms with Gasteiger partial charge >= 0.3 is 0 Å². The minimum atomic E-state index is -0.419. The number of amides is 1. The summed E-state index contributed by atoms with van der Waals surface area (Å²) in [6.07, 6.45) is 1.25. The van der Waals surface area contributed by atoms with Crippen LogP contribution in [0.1, 0.15) is 15.9 Å². The molecule has 23 heavy (non-hydrogen) atoms. The number of carbonyl (C=O) groups is 1. The molecule has 2 N–H and O–H groups in total. The Bertz CT molecular complexity index is 782. The Kier molecular flexibility index (Phi) is 5.87. The molecule has 0 aliphatic carbocycles. The van der Waals surface area contributed by atoms with Gasteiger partial charge in [0.1, 0.15) is 11.5 Å². The first-order valence-corrected chi connectivity index (χ1v) is 7.82. The second-order valence-electron chi connectivity index (χ2n) is 4.37. The van der Waals surface area contributed by atoms with Crippen molar-refractivity contribution >= 4 is 51.3 Å². The molecule has 0 radical (unpaired) electrons. The fourth-order valence-corrected chi connectivity index (χ4v) is 2.77. The number of carbonyl (C=O) groups excluding carboxylic acids is 1. The molecule has 5 nitrogen and oxygen atoms in total. The van der Waals surface area contributed by atoms with Crippen molar-refractivity contribution in [3.63, 3.8) is 0 Å². The number of methoxy groups -OCH3 is 1. The summed E-state index contributed by atoms with van der Waals surface area (Å²) in [7, 11) is 1.53. The SMILES string of the molecule is COc1ccc(C(=O)NN=Cc2cc(Cl)cc(Cl)c2O)cc1Br. The van der Waals surface area contributed by atoms with Crippen LogP contribution in [0.25, 0.3) is 0 Å². The van der Waals surface area contributed by atoms with Crippen molar-refractivity contribution in [1.82, 2.24) is 5.43 Å². The highest BCUT2D eigenvalue weighted by atomic mass is 79.9. The van der Waals surface area contributed by atoms with Crippen molar-refractivity contribution in [2.24, 2.45) is 5.10 Å². The number of phenols is 1. The molecule has 8 heteroatoms. The van der Waals surface area contributed by atoms with E-state index in [-0.39, 0.29) is 10.8 Å². The lowest BCUT2D eigenvalue weighted by Crippen LogP contribution is -2.17. The maximum atomic E-state index is 12.0. The van der Waals surface area contributed by atoms with Gasteiger partial charge in [-0.3, -0.25) is 4.79 Å². The van der Waals surface area contributed by atoms with E-state index in [1.54, 1.807) is 18.2 Å². The summed E-state index contributed by atoms with van der Waals surface area (Å²) in [6, 6.07) is 7.75. The predicted octanol–water partition coefficient (Wildman–Crippen LogP) is 4.23. The van der Waals surface area contributed by atoms with Crippen LogP contribution in [0, 0.1) is 0 Å². The first-order valence-electron chi connectivity index (χ1n) is 6.27. The normalized spacial score (nSPS) is 10.8. The molecule has 1 amide bonds. The predicted molar refractivity (Wildman–Crippen MR) is 93.9 cm³/mol. The lowest BCUT2D eigenvalue weighted by molar-refractivity contribution is 0.0955. The topological polar surface area (TPSA) is 70.9 Å². The van der Waals surface area contributed by atoms with Gasteiger partial charge in [-0.1, -0.05) is 23.2 Å². The average molecular weight is 418 g/mol. The third-order valence-corrected chi connectivity index (χ3v) is 3.97. The standard InChI is InChI=1S/C15H11BrCl2N2O3/c1-23-13-3-2-8(5-11(13)16)15(22)20-19-7-9-4-10(17)6-12(18)14(9)21/h2-7,21H,1H3,(H,20,22). The third-order valence-electron chi connectivity index (χ3n) is 2.84. The van der Waals surface area contributed by atoms with E-state index in [0.29, 0.717) is 26.4 Å². The largest absolute Gasteiger partial charge is 0.506 e. The van der Waals surface area contributed by atoms with Crippen LogP contribution in [0.4, 0.5) is 0 Å². The zero-order valence-electron chi connectivity index (χ0n) is 11.8. The number of benzene rings is 2. The molecule has 0 aliphatic heterocycles. The Balaban J connectivity index is 2.11. The van der Waals surface area contributed by atoms with E-state index in [4.69, 9.17) is 27.9 Å². The first kappa shape index (κ1) is 17.6. The number of halogens is 3. The number of aromatic hydroxyl groups is 1. The summed E-state index contributed by atoms with van der Waals surface area (Å²) < 4.78 is 5.74. The highest BCUT2D eigenvalue weighted by Gasteiger charge is 2.09. The van der Waals surface area contributed by atoms with Crippen LogP contribution in [0.15, 0.2) is 39.9 Å². The fourth-order valence-electron chi connectivity index (χ4n) is 1.72. The number of hydrazone groups is 1. The van der Waals surface area contributed by atoms with E-state index in [2.05, 4.69) is 26.5 Å². The van der Waals surface area contributed by atoms with Gasteiger partial charge < -0.3 is 9.84 Å². The monoisotopic (exact) mass is 416 g/mol. The zero-order chi connectivity index (χ0) is 17.0. The van der Waals surface area contributed by atoms with E-state index < -0.39 is 5.91 Å². The van der Waals surface area contributed by atoms with E-state index in [0.717, 1.165) is 0 Å². The molecule has 120 valence electrons. The third kappa shape index (κ3) is 4.37. The van der Waals surface area contributed by atoms with Crippen LogP contribution in [0.5, 0.6) is 11.5 Å². The number of phenolic OH excluding ortho intramolecular Hbond substituents is 1. The van der Waals surface area contributed by atoms with Gasteiger partial charge in [-0.2, -0.15) is 5.10 Å². The van der Waals surface area contributed by atoms with Crippen LogP contribution < -0.4 is 10.2 Å². The minimum Gasteiger partial charge on any atom is -0.506 e. The first-order chi connectivity index (χ1) is 10.9. The van der Waals surface area contributed by atoms with Crippen molar-refractivity contribution < 1.29 is 14.6 Å². The van der Waals surface area contributed by atoms with Gasteiger partial charge in [0.15, 0.2) is 0 Å². The molecule has 0 spiro atoms. The van der Waals surface area contributed by atoms with Gasteiger partial charge in [0, 0.05) is 16.1 Å². The number of ether oxygens (including phenoxy) is 1. The summed E-state index contributed by atoms with van der Waals surface area (Å²) in [6.45, 7) is 0. The van der Waals surface area contributed by atoms with Crippen LogP contribution >= 0.6 is 39.1 Å². The second-order valence-corrected chi connectivity index (χ2v) is 6.07. The molecule has 0 saturated heterocycles. The number of nitrogens with one attached hydrogen (secondary N) is 1. The van der Waals surface area contributed by atoms with Crippen LogP contribution in [0.3, 0.4) is 0 Å². The molecular weight excluding hydrogens is 407 g/mol. The zero-order valence-corrected chi connectivity index (χ0v) is 14.9. The molecule has 0 fully saturated rings. The van der Waals surface area contributed by atoms with Gasteiger partial charge in [0.2, 0.25) is 0 Å². The molecule has 0 atom stereocenters. The Morgan fingerprint density at radius 2 is 2.09 bits per heavy atom. The number of rotatable bonds is 4. The highest BCUT2D eigenvalue weighted by Crippen LogP contribution is 2.30. The van der Waals surface area contributed by atoms with Crippen LogP contribution in [-0.4, -0.2) is 24.3 Å². The molecule has 0 bridgehead atoms. The molecule has 0 aromatic heterocycles. The van der Waals surface area contributed by atoms with Gasteiger partial charge in [0.05, 0.1) is 22.8 Å². The van der Waals surface area contributed by atoms with E-state index >= 15 is 0 Å². The number of hydrogen-bond donors (Lipinski definition) is 2. The van der Waals surface area contributed by atoms with Crippen molar-refractivity contribution in [3.8, 4) is 11.5 Å². The van der Waals surface area contributed by atoms with Gasteiger partial charge in [-0.15, -0.1) is 0 Å². The molecular formula is C15H11BrCl2N2O3. The molecule has 2 aromatic rings. The fraction of sp³-hybridized carbons (Fsp3) is 0.0667. The Hall–Kier alpha value is -1.76.